The molecular formula is C24H30N2O3. The molecule has 0 fully saturated rings. The minimum absolute atomic E-state index is 0.0239. The second-order valence-electron chi connectivity index (χ2n) is 7.57. The van der Waals surface area contributed by atoms with Crippen molar-refractivity contribution >= 4 is 17.0 Å². The number of fused-ring (bicyclic) bond motifs is 1. The number of aryl methyl sites for hydroxylation is 1. The predicted molar refractivity (Wildman–Crippen MR) is 117 cm³/mol. The molecule has 0 amide bonds. The van der Waals surface area contributed by atoms with Gasteiger partial charge in [0.05, 0.1) is 16.7 Å². The van der Waals surface area contributed by atoms with Crippen molar-refractivity contribution in [1.82, 2.24) is 9.13 Å². The summed E-state index contributed by atoms with van der Waals surface area (Å²) >= 11 is 0. The van der Waals surface area contributed by atoms with Crippen molar-refractivity contribution in [2.24, 2.45) is 0 Å². The van der Waals surface area contributed by atoms with Crippen molar-refractivity contribution in [1.29, 1.82) is 0 Å². The third-order valence-electron chi connectivity index (χ3n) is 5.37. The van der Waals surface area contributed by atoms with E-state index in [4.69, 9.17) is 5.11 Å². The van der Waals surface area contributed by atoms with Gasteiger partial charge in [0.25, 0.3) is 0 Å². The number of unbranched alkanes of at least 4 members (excludes halogenated alkanes) is 7. The highest BCUT2D eigenvalue weighted by atomic mass is 16.4. The second kappa shape index (κ2) is 10.6. The topological polar surface area (TPSA) is 64.2 Å². The molecule has 154 valence electrons. The van der Waals surface area contributed by atoms with Crippen molar-refractivity contribution in [2.75, 3.05) is 0 Å². The van der Waals surface area contributed by atoms with Gasteiger partial charge >= 0.3 is 11.7 Å². The van der Waals surface area contributed by atoms with Gasteiger partial charge in [0.1, 0.15) is 0 Å². The summed E-state index contributed by atoms with van der Waals surface area (Å²) in [5.74, 6) is -0.700. The van der Waals surface area contributed by atoms with E-state index in [0.717, 1.165) is 68.2 Å². The molecule has 1 heterocycles. The Morgan fingerprint density at radius 3 is 1.93 bits per heavy atom. The van der Waals surface area contributed by atoms with Gasteiger partial charge < -0.3 is 5.11 Å². The first-order valence-corrected chi connectivity index (χ1v) is 10.7. The maximum absolute atomic E-state index is 13.1. The zero-order valence-corrected chi connectivity index (χ0v) is 16.9. The van der Waals surface area contributed by atoms with Crippen LogP contribution in [0, 0.1) is 0 Å². The number of aliphatic carboxylic acids is 1. The minimum atomic E-state index is -0.700. The minimum Gasteiger partial charge on any atom is -0.481 e. The highest BCUT2D eigenvalue weighted by Crippen LogP contribution is 2.18. The van der Waals surface area contributed by atoms with Crippen LogP contribution in [-0.2, 0) is 11.3 Å². The van der Waals surface area contributed by atoms with Crippen LogP contribution in [0.2, 0.25) is 0 Å². The molecule has 0 aliphatic carbocycles. The SMILES string of the molecule is O=C(O)CCCCCCCCCCn1c(=O)n(-c2ccccc2)c2ccccc21. The van der Waals surface area contributed by atoms with Gasteiger partial charge in [-0.15, -0.1) is 0 Å². The normalized spacial score (nSPS) is 11.2. The molecule has 1 N–H and O–H groups in total. The Kier molecular flexibility index (Phi) is 7.68. The number of aromatic nitrogens is 2. The fourth-order valence-corrected chi connectivity index (χ4v) is 3.86. The molecule has 0 aliphatic heterocycles. The van der Waals surface area contributed by atoms with Gasteiger partial charge in [0.2, 0.25) is 0 Å². The molecule has 0 unspecified atom stereocenters. The first-order chi connectivity index (χ1) is 14.2. The first kappa shape index (κ1) is 20.9. The molecule has 1 aromatic heterocycles. The molecule has 0 radical (unpaired) electrons. The van der Waals surface area contributed by atoms with Crippen LogP contribution in [0.15, 0.2) is 59.4 Å². The van der Waals surface area contributed by atoms with Crippen molar-refractivity contribution in [3.05, 3.63) is 65.1 Å². The summed E-state index contributed by atoms with van der Waals surface area (Å²) in [7, 11) is 0. The molecule has 2 aromatic carbocycles. The average Bonchev–Trinajstić information content (AvgIpc) is 3.01. The summed E-state index contributed by atoms with van der Waals surface area (Å²) in [6, 6.07) is 17.8. The fraction of sp³-hybridized carbons (Fsp3) is 0.417. The molecule has 0 spiro atoms. The molecule has 0 aliphatic rings. The quantitative estimate of drug-likeness (QED) is 0.419. The van der Waals surface area contributed by atoms with Crippen LogP contribution in [0.3, 0.4) is 0 Å². The van der Waals surface area contributed by atoms with E-state index in [1.165, 1.54) is 6.42 Å². The molecule has 0 bridgehead atoms. The third kappa shape index (κ3) is 5.59. The van der Waals surface area contributed by atoms with Gasteiger partial charge in [0, 0.05) is 13.0 Å². The van der Waals surface area contributed by atoms with Crippen LogP contribution >= 0.6 is 0 Å². The predicted octanol–water partition coefficient (Wildman–Crippen LogP) is 5.39. The van der Waals surface area contributed by atoms with Crippen LogP contribution in [0.5, 0.6) is 0 Å². The number of imidazole rings is 1. The Labute approximate surface area is 171 Å². The van der Waals surface area contributed by atoms with E-state index in [2.05, 4.69) is 0 Å². The van der Waals surface area contributed by atoms with Crippen molar-refractivity contribution in [3.63, 3.8) is 0 Å². The van der Waals surface area contributed by atoms with E-state index in [1.54, 1.807) is 4.57 Å². The summed E-state index contributed by atoms with van der Waals surface area (Å²) in [5, 5.41) is 8.63. The standard InChI is InChI=1S/C24H30N2O3/c27-23(28)18-10-5-3-1-2-4-6-13-19-25-21-16-11-12-17-22(21)26(24(25)29)20-14-8-7-9-15-20/h7-9,11-12,14-17H,1-6,10,13,18-19H2,(H,27,28). The van der Waals surface area contributed by atoms with Crippen LogP contribution in [0.25, 0.3) is 16.7 Å². The summed E-state index contributed by atoms with van der Waals surface area (Å²) < 4.78 is 3.70. The monoisotopic (exact) mass is 394 g/mol. The van der Waals surface area contributed by atoms with Gasteiger partial charge in [-0.25, -0.2) is 4.79 Å². The molecule has 5 heteroatoms. The zero-order valence-electron chi connectivity index (χ0n) is 16.9. The van der Waals surface area contributed by atoms with E-state index >= 15 is 0 Å². The lowest BCUT2D eigenvalue weighted by atomic mass is 10.1. The lowest BCUT2D eigenvalue weighted by molar-refractivity contribution is -0.137. The number of carbonyl (C=O) groups is 1. The van der Waals surface area contributed by atoms with Crippen LogP contribution in [-0.4, -0.2) is 20.2 Å². The smallest absolute Gasteiger partial charge is 0.333 e. The molecular weight excluding hydrogens is 364 g/mol. The number of hydrogen-bond acceptors (Lipinski definition) is 2. The lowest BCUT2D eigenvalue weighted by Crippen LogP contribution is -2.23. The zero-order chi connectivity index (χ0) is 20.5. The Morgan fingerprint density at radius 2 is 1.28 bits per heavy atom. The Bertz CT molecular complexity index is 973. The summed E-state index contributed by atoms with van der Waals surface area (Å²) in [5.41, 5.74) is 2.86. The van der Waals surface area contributed by atoms with Gasteiger partial charge in [-0.2, -0.15) is 0 Å². The van der Waals surface area contributed by atoms with Crippen molar-refractivity contribution in [2.45, 2.75) is 64.3 Å². The molecule has 3 aromatic rings. The summed E-state index contributed by atoms with van der Waals surface area (Å²) in [4.78, 5) is 23.6. The molecule has 29 heavy (non-hydrogen) atoms. The number of rotatable bonds is 12. The number of carboxylic acids is 1. The van der Waals surface area contributed by atoms with Crippen LogP contribution in [0.4, 0.5) is 0 Å². The molecule has 0 saturated heterocycles. The van der Waals surface area contributed by atoms with E-state index < -0.39 is 5.97 Å². The number of benzene rings is 2. The summed E-state index contributed by atoms with van der Waals surface area (Å²) in [6.07, 6.45) is 8.76. The average molecular weight is 395 g/mol. The highest BCUT2D eigenvalue weighted by Gasteiger charge is 2.13. The van der Waals surface area contributed by atoms with Gasteiger partial charge in [-0.05, 0) is 37.1 Å². The summed E-state index contributed by atoms with van der Waals surface area (Å²) in [6.45, 7) is 0.734. The maximum atomic E-state index is 13.1. The fourth-order valence-electron chi connectivity index (χ4n) is 3.86. The van der Waals surface area contributed by atoms with Gasteiger partial charge in [-0.3, -0.25) is 13.9 Å². The lowest BCUT2D eigenvalue weighted by Gasteiger charge is -2.04. The first-order valence-electron chi connectivity index (χ1n) is 10.7. The molecule has 0 atom stereocenters. The van der Waals surface area contributed by atoms with Gasteiger partial charge in [-0.1, -0.05) is 68.9 Å². The van der Waals surface area contributed by atoms with Gasteiger partial charge in [0.15, 0.2) is 0 Å². The van der Waals surface area contributed by atoms with E-state index in [-0.39, 0.29) is 12.1 Å². The molecule has 5 nitrogen and oxygen atoms in total. The number of para-hydroxylation sites is 3. The van der Waals surface area contributed by atoms with E-state index in [9.17, 15) is 9.59 Å². The highest BCUT2D eigenvalue weighted by molar-refractivity contribution is 5.78. The van der Waals surface area contributed by atoms with Crippen LogP contribution in [0.1, 0.15) is 57.8 Å². The van der Waals surface area contributed by atoms with E-state index in [0.29, 0.717) is 0 Å². The Hall–Kier alpha value is -2.82. The van der Waals surface area contributed by atoms with Crippen LogP contribution < -0.4 is 5.69 Å². The maximum Gasteiger partial charge on any atom is 0.333 e. The molecule has 3 rings (SSSR count). The molecule has 0 saturated carbocycles. The third-order valence-corrected chi connectivity index (χ3v) is 5.37. The van der Waals surface area contributed by atoms with Crippen molar-refractivity contribution < 1.29 is 9.90 Å². The number of carboxylic acid groups (broad SMARTS) is 1. The largest absolute Gasteiger partial charge is 0.481 e. The Balaban J connectivity index is 1.52. The van der Waals surface area contributed by atoms with E-state index in [1.807, 2.05) is 59.2 Å². The second-order valence-corrected chi connectivity index (χ2v) is 7.57. The number of hydrogen-bond donors (Lipinski definition) is 1. The number of nitrogens with zero attached hydrogens (tertiary/aromatic N) is 2. The van der Waals surface area contributed by atoms with Crippen molar-refractivity contribution in [3.8, 4) is 5.69 Å². The Morgan fingerprint density at radius 1 is 0.724 bits per heavy atom.